The number of fused-ring (bicyclic) bond motifs is 1. The zero-order valence-electron chi connectivity index (χ0n) is 13.9. The zero-order chi connectivity index (χ0) is 18.5. The van der Waals surface area contributed by atoms with Crippen LogP contribution in [0.5, 0.6) is 0 Å². The molecule has 1 aliphatic rings. The average molecular weight is 372 g/mol. The molecule has 0 radical (unpaired) electrons. The van der Waals surface area contributed by atoms with Crippen molar-refractivity contribution in [3.05, 3.63) is 64.7 Å². The van der Waals surface area contributed by atoms with Crippen LogP contribution in [0.15, 0.2) is 48.5 Å². The summed E-state index contributed by atoms with van der Waals surface area (Å²) >= 11 is 5.91. The van der Waals surface area contributed by atoms with Crippen LogP contribution in [0.1, 0.15) is 28.8 Å². The van der Waals surface area contributed by atoms with E-state index in [-0.39, 0.29) is 30.6 Å². The SMILES string of the molecule is O=C(CC[C@@H]1NC(=O)c2ccccc2NC1=O)NCc1cccc(Cl)c1. The van der Waals surface area contributed by atoms with Gasteiger partial charge in [-0.05, 0) is 36.2 Å². The lowest BCUT2D eigenvalue weighted by Gasteiger charge is -2.14. The van der Waals surface area contributed by atoms with Gasteiger partial charge < -0.3 is 16.0 Å². The van der Waals surface area contributed by atoms with Gasteiger partial charge in [-0.2, -0.15) is 0 Å². The van der Waals surface area contributed by atoms with Crippen LogP contribution in [0.25, 0.3) is 0 Å². The van der Waals surface area contributed by atoms with Crippen LogP contribution in [0.2, 0.25) is 5.02 Å². The second kappa shape index (κ2) is 8.01. The summed E-state index contributed by atoms with van der Waals surface area (Å²) in [4.78, 5) is 36.6. The number of rotatable bonds is 5. The number of hydrogen-bond acceptors (Lipinski definition) is 3. The summed E-state index contributed by atoms with van der Waals surface area (Å²) < 4.78 is 0. The van der Waals surface area contributed by atoms with Crippen molar-refractivity contribution in [1.82, 2.24) is 10.6 Å². The molecule has 1 heterocycles. The van der Waals surface area contributed by atoms with Gasteiger partial charge in [0.2, 0.25) is 11.8 Å². The average Bonchev–Trinajstić information content (AvgIpc) is 2.75. The van der Waals surface area contributed by atoms with Gasteiger partial charge in [0, 0.05) is 18.0 Å². The molecule has 3 rings (SSSR count). The fraction of sp³-hybridized carbons (Fsp3) is 0.211. The first-order valence-electron chi connectivity index (χ1n) is 8.25. The summed E-state index contributed by atoms with van der Waals surface area (Å²) in [6.07, 6.45) is 0.336. The third kappa shape index (κ3) is 4.40. The van der Waals surface area contributed by atoms with Crippen LogP contribution in [-0.4, -0.2) is 23.8 Å². The van der Waals surface area contributed by atoms with Crippen LogP contribution in [-0.2, 0) is 16.1 Å². The van der Waals surface area contributed by atoms with E-state index < -0.39 is 6.04 Å². The van der Waals surface area contributed by atoms with E-state index in [1.807, 2.05) is 12.1 Å². The molecule has 0 fully saturated rings. The fourth-order valence-electron chi connectivity index (χ4n) is 2.73. The van der Waals surface area contributed by atoms with E-state index in [4.69, 9.17) is 11.6 Å². The molecule has 3 amide bonds. The maximum atomic E-state index is 12.3. The number of carbonyl (C=O) groups excluding carboxylic acids is 3. The maximum Gasteiger partial charge on any atom is 0.254 e. The molecule has 1 aliphatic heterocycles. The largest absolute Gasteiger partial charge is 0.352 e. The third-order valence-corrected chi connectivity index (χ3v) is 4.33. The van der Waals surface area contributed by atoms with Crippen molar-refractivity contribution >= 4 is 35.0 Å². The quantitative estimate of drug-likeness (QED) is 0.754. The molecule has 0 saturated heterocycles. The molecule has 0 bridgehead atoms. The Morgan fingerprint density at radius 2 is 1.92 bits per heavy atom. The number of halogens is 1. The monoisotopic (exact) mass is 371 g/mol. The smallest absolute Gasteiger partial charge is 0.254 e. The van der Waals surface area contributed by atoms with Crippen molar-refractivity contribution in [2.24, 2.45) is 0 Å². The topological polar surface area (TPSA) is 87.3 Å². The molecule has 3 N–H and O–H groups in total. The molecule has 2 aromatic rings. The number of hydrogen-bond donors (Lipinski definition) is 3. The van der Waals surface area contributed by atoms with Gasteiger partial charge in [0.05, 0.1) is 11.3 Å². The highest BCUT2D eigenvalue weighted by molar-refractivity contribution is 6.30. The number of anilines is 1. The summed E-state index contributed by atoms with van der Waals surface area (Å²) in [7, 11) is 0. The molecule has 0 aliphatic carbocycles. The summed E-state index contributed by atoms with van der Waals surface area (Å²) in [6, 6.07) is 13.2. The van der Waals surface area contributed by atoms with Gasteiger partial charge in [-0.3, -0.25) is 14.4 Å². The highest BCUT2D eigenvalue weighted by Crippen LogP contribution is 2.19. The Morgan fingerprint density at radius 1 is 1.12 bits per heavy atom. The summed E-state index contributed by atoms with van der Waals surface area (Å²) in [5.41, 5.74) is 1.78. The number of carbonyl (C=O) groups is 3. The first-order chi connectivity index (χ1) is 12.5. The highest BCUT2D eigenvalue weighted by Gasteiger charge is 2.27. The molecule has 0 spiro atoms. The molecule has 2 aromatic carbocycles. The standard InChI is InChI=1S/C19H18ClN3O3/c20-13-5-3-4-12(10-13)11-21-17(24)9-8-16-19(26)22-15-7-2-1-6-14(15)18(25)23-16/h1-7,10,16H,8-9,11H2,(H,21,24)(H,22,26)(H,23,25)/t16-/m0/s1. The lowest BCUT2D eigenvalue weighted by atomic mass is 10.1. The van der Waals surface area contributed by atoms with Crippen molar-refractivity contribution in [3.8, 4) is 0 Å². The van der Waals surface area contributed by atoms with Gasteiger partial charge in [-0.25, -0.2) is 0 Å². The Labute approximate surface area is 155 Å². The number of para-hydroxylation sites is 1. The Bertz CT molecular complexity index is 853. The normalized spacial score (nSPS) is 16.1. The maximum absolute atomic E-state index is 12.3. The molecule has 7 heteroatoms. The Morgan fingerprint density at radius 3 is 2.73 bits per heavy atom. The van der Waals surface area contributed by atoms with Gasteiger partial charge in [0.25, 0.3) is 5.91 Å². The molecular weight excluding hydrogens is 354 g/mol. The molecule has 26 heavy (non-hydrogen) atoms. The number of nitrogens with one attached hydrogen (secondary N) is 3. The van der Waals surface area contributed by atoms with E-state index in [1.165, 1.54) is 0 Å². The second-order valence-electron chi connectivity index (χ2n) is 6.01. The van der Waals surface area contributed by atoms with Crippen LogP contribution < -0.4 is 16.0 Å². The third-order valence-electron chi connectivity index (χ3n) is 4.09. The predicted molar refractivity (Wildman–Crippen MR) is 98.9 cm³/mol. The molecule has 1 atom stereocenters. The Kier molecular flexibility index (Phi) is 5.53. The van der Waals surface area contributed by atoms with Gasteiger partial charge in [-0.15, -0.1) is 0 Å². The first-order valence-corrected chi connectivity index (χ1v) is 8.62. The van der Waals surface area contributed by atoms with Crippen molar-refractivity contribution in [2.75, 3.05) is 5.32 Å². The van der Waals surface area contributed by atoms with Crippen LogP contribution in [0.3, 0.4) is 0 Å². The van der Waals surface area contributed by atoms with Crippen molar-refractivity contribution in [1.29, 1.82) is 0 Å². The van der Waals surface area contributed by atoms with Gasteiger partial charge in [-0.1, -0.05) is 35.9 Å². The van der Waals surface area contributed by atoms with E-state index in [1.54, 1.807) is 36.4 Å². The Hall–Kier alpha value is -2.86. The van der Waals surface area contributed by atoms with Crippen molar-refractivity contribution in [3.63, 3.8) is 0 Å². The fourth-order valence-corrected chi connectivity index (χ4v) is 2.94. The lowest BCUT2D eigenvalue weighted by Crippen LogP contribution is -2.42. The van der Waals surface area contributed by atoms with Gasteiger partial charge in [0.1, 0.15) is 6.04 Å². The second-order valence-corrected chi connectivity index (χ2v) is 6.44. The van der Waals surface area contributed by atoms with Crippen LogP contribution in [0, 0.1) is 0 Å². The van der Waals surface area contributed by atoms with Crippen LogP contribution in [0.4, 0.5) is 5.69 Å². The molecule has 0 saturated carbocycles. The van der Waals surface area contributed by atoms with Crippen LogP contribution >= 0.6 is 11.6 Å². The first kappa shape index (κ1) is 17.9. The van der Waals surface area contributed by atoms with Crippen molar-refractivity contribution in [2.45, 2.75) is 25.4 Å². The minimum atomic E-state index is -0.758. The molecule has 0 unspecified atom stereocenters. The van der Waals surface area contributed by atoms with Gasteiger partial charge in [0.15, 0.2) is 0 Å². The zero-order valence-corrected chi connectivity index (χ0v) is 14.7. The minimum absolute atomic E-state index is 0.120. The van der Waals surface area contributed by atoms with E-state index in [2.05, 4.69) is 16.0 Å². The predicted octanol–water partition coefficient (Wildman–Crippen LogP) is 2.49. The molecule has 134 valence electrons. The van der Waals surface area contributed by atoms with E-state index in [0.29, 0.717) is 22.8 Å². The van der Waals surface area contributed by atoms with E-state index >= 15 is 0 Å². The highest BCUT2D eigenvalue weighted by atomic mass is 35.5. The molecule has 6 nitrogen and oxygen atoms in total. The summed E-state index contributed by atoms with van der Waals surface area (Å²) in [6.45, 7) is 0.355. The minimum Gasteiger partial charge on any atom is -0.352 e. The van der Waals surface area contributed by atoms with Gasteiger partial charge >= 0.3 is 0 Å². The lowest BCUT2D eigenvalue weighted by molar-refractivity contribution is -0.122. The molecule has 0 aromatic heterocycles. The van der Waals surface area contributed by atoms with E-state index in [0.717, 1.165) is 5.56 Å². The Balaban J connectivity index is 1.53. The number of amides is 3. The number of benzene rings is 2. The summed E-state index contributed by atoms with van der Waals surface area (Å²) in [5.74, 6) is -0.858. The molecular formula is C19H18ClN3O3. The van der Waals surface area contributed by atoms with Crippen molar-refractivity contribution < 1.29 is 14.4 Å². The summed E-state index contributed by atoms with van der Waals surface area (Å²) in [5, 5.41) is 8.78. The van der Waals surface area contributed by atoms with E-state index in [9.17, 15) is 14.4 Å².